The molecule has 2 aromatic heterocycles. The largest absolute Gasteiger partial charge is 0.496 e. The first-order valence-electron chi connectivity index (χ1n) is 21.9. The smallest absolute Gasteiger partial charge is 0.408 e. The van der Waals surface area contributed by atoms with Crippen LogP contribution in [0.2, 0.25) is 0 Å². The Balaban J connectivity index is 1.13. The second-order valence-electron chi connectivity index (χ2n) is 17.6. The molecule has 1 aromatic carbocycles. The number of benzene rings is 1. The molecule has 62 heavy (non-hydrogen) atoms. The molecule has 4 N–H and O–H groups in total. The molecule has 4 heterocycles. The van der Waals surface area contributed by atoms with E-state index in [0.717, 1.165) is 49.2 Å². The lowest BCUT2D eigenvalue weighted by Crippen LogP contribution is -2.58. The maximum atomic E-state index is 14.8. The molecule has 5 atom stereocenters. The number of fused-ring (bicyclic) bond motifs is 3. The van der Waals surface area contributed by atoms with Crippen molar-refractivity contribution in [2.45, 2.75) is 145 Å². The summed E-state index contributed by atoms with van der Waals surface area (Å²) in [5.41, 5.74) is 1.11. The summed E-state index contributed by atoms with van der Waals surface area (Å²) >= 11 is 1.46. The fourth-order valence-corrected chi connectivity index (χ4v) is 11.1. The summed E-state index contributed by atoms with van der Waals surface area (Å²) in [6.45, 7) is 5.97. The number of carbonyl (C=O) groups is 4. The molecule has 2 aliphatic heterocycles. The minimum Gasteiger partial charge on any atom is -0.496 e. The zero-order valence-electron chi connectivity index (χ0n) is 35.7. The molecule has 8 rings (SSSR count). The number of thiazole rings is 1. The molecule has 1 saturated heterocycles. The summed E-state index contributed by atoms with van der Waals surface area (Å²) < 4.78 is 46.4. The molecule has 4 fully saturated rings. The molecule has 0 unspecified atom stereocenters. The van der Waals surface area contributed by atoms with Gasteiger partial charge in [-0.1, -0.05) is 25.0 Å². The third-order valence-electron chi connectivity index (χ3n) is 12.5. The zero-order valence-corrected chi connectivity index (χ0v) is 37.4. The van der Waals surface area contributed by atoms with E-state index in [0.29, 0.717) is 65.9 Å². The monoisotopic (exact) mass is 891 g/mol. The normalized spacial score (nSPS) is 26.4. The van der Waals surface area contributed by atoms with E-state index in [9.17, 15) is 27.6 Å². The van der Waals surface area contributed by atoms with Crippen LogP contribution in [0.15, 0.2) is 35.7 Å². The Hall–Kier alpha value is -4.97. The van der Waals surface area contributed by atoms with Crippen molar-refractivity contribution in [3.63, 3.8) is 0 Å². The number of pyridine rings is 1. The molecule has 334 valence electrons. The van der Waals surface area contributed by atoms with Gasteiger partial charge >= 0.3 is 6.09 Å². The van der Waals surface area contributed by atoms with Gasteiger partial charge in [0.25, 0.3) is 5.91 Å². The molecular formula is C44H57N7O9S2. The number of nitrogens with zero attached hydrogens (tertiary/aromatic N) is 3. The predicted molar refractivity (Wildman–Crippen MR) is 234 cm³/mol. The first kappa shape index (κ1) is 43.7. The van der Waals surface area contributed by atoms with Gasteiger partial charge in [0.2, 0.25) is 21.8 Å². The van der Waals surface area contributed by atoms with E-state index < -0.39 is 68.7 Å². The van der Waals surface area contributed by atoms with E-state index in [1.165, 1.54) is 16.2 Å². The SMILES string of the molecule is COc1ccc2c(O[C@@H]3C[C@H]4C(=O)N[C@]5(C(=O)NS(=O)(=O)C6CC6)C[C@H]5/C=C\CCCCC[C@H](NC(=O)OC5CCCC5)C(=O)N4C3)cc(-c3csc(NC(C)C)n3)nc2c1C. The third-order valence-corrected chi connectivity index (χ3v) is 15.1. The van der Waals surface area contributed by atoms with Gasteiger partial charge in [0.05, 0.1) is 30.1 Å². The van der Waals surface area contributed by atoms with E-state index in [1.54, 1.807) is 7.11 Å². The van der Waals surface area contributed by atoms with Crippen LogP contribution in [0.1, 0.15) is 103 Å². The zero-order chi connectivity index (χ0) is 43.8. The van der Waals surface area contributed by atoms with E-state index >= 15 is 0 Å². The highest BCUT2D eigenvalue weighted by Gasteiger charge is 2.62. The van der Waals surface area contributed by atoms with Gasteiger partial charge in [-0.25, -0.2) is 23.2 Å². The molecule has 0 radical (unpaired) electrons. The minimum atomic E-state index is -3.91. The summed E-state index contributed by atoms with van der Waals surface area (Å²) in [7, 11) is -2.32. The van der Waals surface area contributed by atoms with E-state index in [4.69, 9.17) is 24.2 Å². The Kier molecular flexibility index (Phi) is 12.7. The maximum Gasteiger partial charge on any atom is 0.408 e. The summed E-state index contributed by atoms with van der Waals surface area (Å²) in [5.74, 6) is -1.20. The predicted octanol–water partition coefficient (Wildman–Crippen LogP) is 5.88. The maximum absolute atomic E-state index is 14.8. The number of allylic oxidation sites excluding steroid dienone is 1. The van der Waals surface area contributed by atoms with E-state index in [1.807, 2.05) is 56.5 Å². The molecule has 5 aliphatic rings. The number of nitrogens with one attached hydrogen (secondary N) is 4. The lowest BCUT2D eigenvalue weighted by atomic mass is 10.0. The first-order valence-corrected chi connectivity index (χ1v) is 24.4. The van der Waals surface area contributed by atoms with Crippen LogP contribution < -0.4 is 30.1 Å². The molecule has 16 nitrogen and oxygen atoms in total. The summed E-state index contributed by atoms with van der Waals surface area (Å²) in [6.07, 6.45) is 10.1. The number of rotatable bonds is 11. The highest BCUT2D eigenvalue weighted by molar-refractivity contribution is 7.91. The summed E-state index contributed by atoms with van der Waals surface area (Å²) in [4.78, 5) is 67.9. The van der Waals surface area contributed by atoms with Crippen LogP contribution in [-0.4, -0.2) is 102 Å². The number of aryl methyl sites for hydroxylation is 1. The van der Waals surface area contributed by atoms with Gasteiger partial charge in [-0.3, -0.25) is 19.1 Å². The number of hydrogen-bond donors (Lipinski definition) is 4. The lowest BCUT2D eigenvalue weighted by molar-refractivity contribution is -0.141. The number of amides is 4. The standard InChI is InChI=1S/C44H57N7O9S2/c1-25(2)45-42-47-34(24-61-42)33-21-37(31-18-19-36(58-4)26(3)38(31)46-33)59-29-20-35-39(52)49-44(41(54)50-62(56,57)30-16-17-30)22-27(44)12-8-6-5-7-9-15-32(40(53)51(35)23-29)48-43(55)60-28-13-10-11-14-28/h8,12,18-19,21,24-25,27-30,32,35H,5-7,9-11,13-17,20,22-23H2,1-4H3,(H,45,47)(H,48,55)(H,49,52)(H,50,54)/b12-8-/t27-,29-,32+,35+,44-/m1/s1. The summed E-state index contributed by atoms with van der Waals surface area (Å²) in [5, 5.41) is 11.8. The number of methoxy groups -OCH3 is 1. The van der Waals surface area contributed by atoms with Crippen molar-refractivity contribution < 1.29 is 41.8 Å². The number of sulfonamides is 1. The topological polar surface area (TPSA) is 207 Å². The Bertz CT molecular complexity index is 2340. The van der Waals surface area contributed by atoms with Crippen molar-refractivity contribution in [3.8, 4) is 22.9 Å². The lowest BCUT2D eigenvalue weighted by Gasteiger charge is -2.30. The van der Waals surface area contributed by atoms with E-state index in [2.05, 4.69) is 20.7 Å². The number of aromatic nitrogens is 2. The average molecular weight is 892 g/mol. The van der Waals surface area contributed by atoms with Crippen molar-refractivity contribution in [1.82, 2.24) is 30.2 Å². The van der Waals surface area contributed by atoms with Gasteiger partial charge in [-0.2, -0.15) is 0 Å². The van der Waals surface area contributed by atoms with Crippen LogP contribution in [-0.2, 0) is 29.1 Å². The number of hydrogen-bond acceptors (Lipinski definition) is 13. The van der Waals surface area contributed by atoms with Crippen LogP contribution >= 0.6 is 11.3 Å². The molecule has 3 saturated carbocycles. The van der Waals surface area contributed by atoms with Crippen LogP contribution in [0, 0.1) is 12.8 Å². The van der Waals surface area contributed by atoms with Gasteiger partial charge in [-0.05, 0) is 97.1 Å². The fourth-order valence-electron chi connectivity index (χ4n) is 8.89. The molecular weight excluding hydrogens is 835 g/mol. The van der Waals surface area contributed by atoms with Crippen LogP contribution in [0.5, 0.6) is 11.5 Å². The Morgan fingerprint density at radius 3 is 2.50 bits per heavy atom. The number of ether oxygens (including phenoxy) is 3. The number of carbonyl (C=O) groups excluding carboxylic acids is 4. The van der Waals surface area contributed by atoms with Crippen molar-refractivity contribution >= 4 is 61.2 Å². The van der Waals surface area contributed by atoms with Gasteiger partial charge in [-0.15, -0.1) is 11.3 Å². The second-order valence-corrected chi connectivity index (χ2v) is 20.5. The molecule has 18 heteroatoms. The molecule has 3 aliphatic carbocycles. The van der Waals surface area contributed by atoms with Crippen molar-refractivity contribution in [1.29, 1.82) is 0 Å². The van der Waals surface area contributed by atoms with Gasteiger partial charge in [0, 0.05) is 40.8 Å². The van der Waals surface area contributed by atoms with Crippen LogP contribution in [0.25, 0.3) is 22.3 Å². The quantitative estimate of drug-likeness (QED) is 0.167. The number of alkyl carbamates (subject to hydrolysis) is 1. The Morgan fingerprint density at radius 2 is 1.76 bits per heavy atom. The Labute approximate surface area is 366 Å². The van der Waals surface area contributed by atoms with Crippen molar-refractivity contribution in [2.24, 2.45) is 5.92 Å². The summed E-state index contributed by atoms with van der Waals surface area (Å²) in [6, 6.07) is 3.57. The van der Waals surface area contributed by atoms with E-state index in [-0.39, 0.29) is 31.5 Å². The molecule has 3 aromatic rings. The third kappa shape index (κ3) is 9.50. The van der Waals surface area contributed by atoms with Gasteiger partial charge < -0.3 is 35.1 Å². The van der Waals surface area contributed by atoms with Crippen LogP contribution in [0.4, 0.5) is 9.93 Å². The van der Waals surface area contributed by atoms with Crippen molar-refractivity contribution in [2.75, 3.05) is 19.0 Å². The first-order chi connectivity index (χ1) is 29.7. The fraction of sp³-hybridized carbons (Fsp3) is 0.591. The average Bonchev–Trinajstić information content (AvgIpc) is 4.01. The van der Waals surface area contributed by atoms with Gasteiger partial charge in [0.15, 0.2) is 5.13 Å². The highest BCUT2D eigenvalue weighted by Crippen LogP contribution is 2.46. The molecule has 4 amide bonds. The Morgan fingerprint density at radius 1 is 0.984 bits per heavy atom. The molecule has 0 bridgehead atoms. The number of anilines is 1. The van der Waals surface area contributed by atoms with Crippen molar-refractivity contribution in [3.05, 3.63) is 41.3 Å². The second kappa shape index (κ2) is 18.0. The van der Waals surface area contributed by atoms with Crippen LogP contribution in [0.3, 0.4) is 0 Å². The molecule has 0 spiro atoms. The van der Waals surface area contributed by atoms with Gasteiger partial charge in [0.1, 0.15) is 47.0 Å². The highest BCUT2D eigenvalue weighted by atomic mass is 32.2. The minimum absolute atomic E-state index is 0.0151.